The smallest absolute Gasteiger partial charge is 0.308 e. The van der Waals surface area contributed by atoms with Crippen LogP contribution in [0, 0.1) is 11.8 Å². The van der Waals surface area contributed by atoms with E-state index < -0.39 is 18.5 Å². The van der Waals surface area contributed by atoms with E-state index in [1.54, 1.807) is 14.1 Å². The molecule has 4 amide bonds. The molecule has 142 valence electrons. The molecule has 1 aliphatic carbocycles. The molecule has 0 unspecified atom stereocenters. The van der Waals surface area contributed by atoms with Crippen LogP contribution in [0.25, 0.3) is 0 Å². The Labute approximate surface area is 151 Å². The Hall–Kier alpha value is -2.71. The van der Waals surface area contributed by atoms with Crippen molar-refractivity contribution >= 4 is 29.6 Å². The topological polar surface area (TPSA) is 113 Å². The number of hydrogen-bond acceptors (Lipinski definition) is 6. The average Bonchev–Trinajstić information content (AvgIpc) is 2.87. The molecule has 0 spiro atoms. The van der Waals surface area contributed by atoms with Gasteiger partial charge in [0.2, 0.25) is 17.7 Å². The first kappa shape index (κ1) is 19.6. The summed E-state index contributed by atoms with van der Waals surface area (Å²) >= 11 is 0. The van der Waals surface area contributed by atoms with Gasteiger partial charge in [0, 0.05) is 20.6 Å². The monoisotopic (exact) mass is 365 g/mol. The Bertz CT molecular complexity index is 616. The molecule has 2 rings (SSSR count). The molecule has 0 radical (unpaired) electrons. The fourth-order valence-electron chi connectivity index (χ4n) is 2.89. The molecule has 0 saturated carbocycles. The van der Waals surface area contributed by atoms with E-state index in [1.807, 2.05) is 12.2 Å². The number of hydrogen-bond donors (Lipinski definition) is 1. The zero-order valence-electron chi connectivity index (χ0n) is 14.9. The Balaban J connectivity index is 1.70. The molecule has 1 saturated heterocycles. The van der Waals surface area contributed by atoms with Crippen molar-refractivity contribution in [3.05, 3.63) is 12.2 Å². The maximum Gasteiger partial charge on any atom is 0.308 e. The molecule has 0 aromatic rings. The number of rotatable bonds is 7. The largest absolute Gasteiger partial charge is 0.456 e. The van der Waals surface area contributed by atoms with Gasteiger partial charge in [-0.2, -0.15) is 0 Å². The van der Waals surface area contributed by atoms with Crippen LogP contribution in [-0.2, 0) is 28.7 Å². The quantitative estimate of drug-likeness (QED) is 0.354. The highest BCUT2D eigenvalue weighted by atomic mass is 16.5. The SMILES string of the molecule is CN(C)C(=O)CNC(=O)COC(=O)CCN1C(=O)[C@@H]2CC=CC[C@H]2C1=O. The first-order valence-electron chi connectivity index (χ1n) is 8.44. The number of allylic oxidation sites excluding steroid dienone is 2. The van der Waals surface area contributed by atoms with E-state index in [4.69, 9.17) is 4.74 Å². The second-order valence-electron chi connectivity index (χ2n) is 6.46. The van der Waals surface area contributed by atoms with E-state index >= 15 is 0 Å². The third-order valence-corrected chi connectivity index (χ3v) is 4.44. The molecule has 2 aliphatic rings. The van der Waals surface area contributed by atoms with Crippen LogP contribution in [-0.4, -0.2) is 73.2 Å². The first-order chi connectivity index (χ1) is 12.3. The van der Waals surface area contributed by atoms with Gasteiger partial charge in [0.15, 0.2) is 6.61 Å². The van der Waals surface area contributed by atoms with Gasteiger partial charge in [-0.1, -0.05) is 12.2 Å². The van der Waals surface area contributed by atoms with Crippen LogP contribution in [0.4, 0.5) is 0 Å². The highest BCUT2D eigenvalue weighted by Gasteiger charge is 2.46. The van der Waals surface area contributed by atoms with Crippen molar-refractivity contribution in [2.75, 3.05) is 33.8 Å². The van der Waals surface area contributed by atoms with Crippen LogP contribution in [0.15, 0.2) is 12.2 Å². The Kier molecular flexibility index (Phi) is 6.48. The molecule has 26 heavy (non-hydrogen) atoms. The molecule has 0 bridgehead atoms. The van der Waals surface area contributed by atoms with Gasteiger partial charge in [-0.15, -0.1) is 0 Å². The van der Waals surface area contributed by atoms with Gasteiger partial charge in [0.1, 0.15) is 0 Å². The van der Waals surface area contributed by atoms with E-state index in [0.717, 1.165) is 4.90 Å². The Morgan fingerprint density at radius 2 is 1.73 bits per heavy atom. The number of nitrogens with one attached hydrogen (secondary N) is 1. The van der Waals surface area contributed by atoms with Gasteiger partial charge in [-0.3, -0.25) is 28.9 Å². The number of amides is 4. The number of carbonyl (C=O) groups is 5. The molecule has 1 heterocycles. The van der Waals surface area contributed by atoms with Crippen molar-refractivity contribution in [3.63, 3.8) is 0 Å². The molecule has 1 aliphatic heterocycles. The number of likely N-dealkylation sites (N-methyl/N-ethyl adjacent to an activating group) is 1. The number of likely N-dealkylation sites (tertiary alicyclic amines) is 1. The summed E-state index contributed by atoms with van der Waals surface area (Å²) < 4.78 is 4.81. The van der Waals surface area contributed by atoms with Crippen molar-refractivity contribution in [3.8, 4) is 0 Å². The summed E-state index contributed by atoms with van der Waals surface area (Å²) in [5.41, 5.74) is 0. The van der Waals surface area contributed by atoms with Crippen LogP contribution < -0.4 is 5.32 Å². The van der Waals surface area contributed by atoms with Gasteiger partial charge in [0.05, 0.1) is 24.8 Å². The maximum atomic E-state index is 12.3. The number of esters is 1. The predicted molar refractivity (Wildman–Crippen MR) is 89.4 cm³/mol. The first-order valence-corrected chi connectivity index (χ1v) is 8.44. The van der Waals surface area contributed by atoms with E-state index in [1.165, 1.54) is 4.90 Å². The lowest BCUT2D eigenvalue weighted by Gasteiger charge is -2.14. The fraction of sp³-hybridized carbons (Fsp3) is 0.588. The van der Waals surface area contributed by atoms with Crippen molar-refractivity contribution in [2.45, 2.75) is 19.3 Å². The molecule has 0 aromatic carbocycles. The van der Waals surface area contributed by atoms with Crippen LogP contribution in [0.5, 0.6) is 0 Å². The molecule has 1 fully saturated rings. The molecule has 9 heteroatoms. The van der Waals surface area contributed by atoms with Crippen LogP contribution in [0.2, 0.25) is 0 Å². The highest BCUT2D eigenvalue weighted by molar-refractivity contribution is 6.05. The van der Waals surface area contributed by atoms with Gasteiger partial charge in [-0.25, -0.2) is 0 Å². The average molecular weight is 365 g/mol. The molecule has 1 N–H and O–H groups in total. The van der Waals surface area contributed by atoms with Crippen molar-refractivity contribution in [1.29, 1.82) is 0 Å². The maximum absolute atomic E-state index is 12.3. The summed E-state index contributed by atoms with van der Waals surface area (Å²) in [5, 5.41) is 2.33. The van der Waals surface area contributed by atoms with E-state index in [0.29, 0.717) is 12.8 Å². The third-order valence-electron chi connectivity index (χ3n) is 4.44. The third kappa shape index (κ3) is 4.68. The number of carbonyl (C=O) groups excluding carboxylic acids is 5. The number of ether oxygens (including phenoxy) is 1. The van der Waals surface area contributed by atoms with Crippen molar-refractivity contribution < 1.29 is 28.7 Å². The second kappa shape index (κ2) is 8.59. The summed E-state index contributed by atoms with van der Waals surface area (Å²) in [6.07, 6.45) is 4.70. The molecular formula is C17H23N3O6. The molecule has 9 nitrogen and oxygen atoms in total. The minimum atomic E-state index is -0.687. The zero-order valence-corrected chi connectivity index (χ0v) is 14.9. The number of imide groups is 1. The van der Waals surface area contributed by atoms with Gasteiger partial charge in [-0.05, 0) is 12.8 Å². The minimum absolute atomic E-state index is 0.0514. The van der Waals surface area contributed by atoms with Gasteiger partial charge in [0.25, 0.3) is 5.91 Å². The number of nitrogens with zero attached hydrogens (tertiary/aromatic N) is 2. The normalized spacial score (nSPS) is 21.4. The summed E-state index contributed by atoms with van der Waals surface area (Å²) in [4.78, 5) is 61.5. The summed E-state index contributed by atoms with van der Waals surface area (Å²) in [6.45, 7) is -0.752. The highest BCUT2D eigenvalue weighted by Crippen LogP contribution is 2.34. The lowest BCUT2D eigenvalue weighted by Crippen LogP contribution is -2.38. The van der Waals surface area contributed by atoms with Gasteiger partial charge < -0.3 is 15.0 Å². The molecular weight excluding hydrogens is 342 g/mol. The molecule has 2 atom stereocenters. The second-order valence-corrected chi connectivity index (χ2v) is 6.46. The molecule has 0 aromatic heterocycles. The lowest BCUT2D eigenvalue weighted by molar-refractivity contribution is -0.150. The van der Waals surface area contributed by atoms with E-state index in [2.05, 4.69) is 5.32 Å². The predicted octanol–water partition coefficient (Wildman–Crippen LogP) is -0.925. The van der Waals surface area contributed by atoms with Gasteiger partial charge >= 0.3 is 5.97 Å². The Morgan fingerprint density at radius 1 is 1.15 bits per heavy atom. The number of fused-ring (bicyclic) bond motifs is 1. The Morgan fingerprint density at radius 3 is 2.27 bits per heavy atom. The lowest BCUT2D eigenvalue weighted by atomic mass is 9.85. The van der Waals surface area contributed by atoms with Crippen LogP contribution in [0.1, 0.15) is 19.3 Å². The van der Waals surface area contributed by atoms with E-state index in [-0.39, 0.29) is 49.1 Å². The standard InChI is InChI=1S/C17H23N3O6/c1-19(2)14(22)9-18-13(21)10-26-15(23)7-8-20-16(24)11-5-3-4-6-12(11)17(20)25/h3-4,11-12H,5-10H2,1-2H3,(H,18,21)/t11-,12-/m1/s1. The summed E-state index contributed by atoms with van der Waals surface area (Å²) in [5.74, 6) is -2.74. The van der Waals surface area contributed by atoms with Crippen LogP contribution in [0.3, 0.4) is 0 Å². The summed E-state index contributed by atoms with van der Waals surface area (Å²) in [7, 11) is 3.11. The zero-order chi connectivity index (χ0) is 19.3. The van der Waals surface area contributed by atoms with E-state index in [9.17, 15) is 24.0 Å². The summed E-state index contributed by atoms with van der Waals surface area (Å²) in [6, 6.07) is 0. The van der Waals surface area contributed by atoms with Crippen molar-refractivity contribution in [2.24, 2.45) is 11.8 Å². The van der Waals surface area contributed by atoms with Crippen molar-refractivity contribution in [1.82, 2.24) is 15.1 Å². The minimum Gasteiger partial charge on any atom is -0.456 e. The fourth-order valence-corrected chi connectivity index (χ4v) is 2.89. The van der Waals surface area contributed by atoms with Crippen LogP contribution >= 0.6 is 0 Å².